The Labute approximate surface area is 192 Å². The summed E-state index contributed by atoms with van der Waals surface area (Å²) in [6.07, 6.45) is 2.68. The lowest BCUT2D eigenvalue weighted by atomic mass is 10.2. The number of nitrogens with zero attached hydrogens (tertiary/aromatic N) is 4. The fourth-order valence-corrected chi connectivity index (χ4v) is 3.89. The van der Waals surface area contributed by atoms with Crippen LogP contribution in [-0.2, 0) is 6.61 Å². The molecule has 0 saturated carbocycles. The first-order chi connectivity index (χ1) is 14.8. The molecule has 1 N–H and O–H groups in total. The minimum absolute atomic E-state index is 0.000742. The van der Waals surface area contributed by atoms with E-state index in [1.165, 1.54) is 24.3 Å². The van der Waals surface area contributed by atoms with Crippen LogP contribution in [0.4, 0.5) is 17.2 Å². The summed E-state index contributed by atoms with van der Waals surface area (Å²) in [6.45, 7) is 0.152. The number of anilines is 1. The van der Waals surface area contributed by atoms with Gasteiger partial charge in [-0.3, -0.25) is 25.7 Å². The third-order valence-corrected chi connectivity index (χ3v) is 5.05. The minimum atomic E-state index is -0.530. The van der Waals surface area contributed by atoms with E-state index in [0.717, 1.165) is 11.8 Å². The van der Waals surface area contributed by atoms with E-state index in [1.807, 2.05) is 0 Å². The second kappa shape index (κ2) is 10.1. The molecule has 158 valence electrons. The number of non-ortho nitro benzene ring substituents is 1. The summed E-state index contributed by atoms with van der Waals surface area (Å²) in [6, 6.07) is 12.6. The first kappa shape index (κ1) is 22.3. The predicted octanol–water partition coefficient (Wildman–Crippen LogP) is 5.45. The zero-order valence-corrected chi connectivity index (χ0v) is 18.7. The van der Waals surface area contributed by atoms with Crippen molar-refractivity contribution in [3.63, 3.8) is 0 Å². The third-order valence-electron chi connectivity index (χ3n) is 3.88. The number of halogens is 2. The Hall–Kier alpha value is -3.38. The van der Waals surface area contributed by atoms with Crippen molar-refractivity contribution in [3.05, 3.63) is 95.0 Å². The number of pyridine rings is 1. The van der Waals surface area contributed by atoms with E-state index in [-0.39, 0.29) is 18.0 Å². The van der Waals surface area contributed by atoms with Crippen molar-refractivity contribution in [1.82, 2.24) is 4.98 Å². The Morgan fingerprint density at radius 1 is 1.03 bits per heavy atom. The van der Waals surface area contributed by atoms with Gasteiger partial charge in [0.15, 0.2) is 0 Å². The van der Waals surface area contributed by atoms with Crippen LogP contribution in [0.15, 0.2) is 68.8 Å². The van der Waals surface area contributed by atoms with Gasteiger partial charge in [0.25, 0.3) is 11.4 Å². The molecule has 1 aromatic heterocycles. The quantitative estimate of drug-likeness (QED) is 0.224. The van der Waals surface area contributed by atoms with Gasteiger partial charge in [-0.15, -0.1) is 0 Å². The van der Waals surface area contributed by atoms with Crippen LogP contribution >= 0.6 is 31.9 Å². The summed E-state index contributed by atoms with van der Waals surface area (Å²) in [5, 5.41) is 25.6. The van der Waals surface area contributed by atoms with Crippen LogP contribution in [-0.4, -0.2) is 21.0 Å². The molecule has 0 fully saturated rings. The lowest BCUT2D eigenvalue weighted by Gasteiger charge is -2.11. The highest BCUT2D eigenvalue weighted by Gasteiger charge is 2.11. The molecule has 0 amide bonds. The normalized spacial score (nSPS) is 10.8. The predicted molar refractivity (Wildman–Crippen MR) is 121 cm³/mol. The number of aromatic nitrogens is 1. The van der Waals surface area contributed by atoms with E-state index in [2.05, 4.69) is 47.4 Å². The average Bonchev–Trinajstić information content (AvgIpc) is 2.73. The Morgan fingerprint density at radius 3 is 2.35 bits per heavy atom. The molecule has 3 aromatic rings. The highest BCUT2D eigenvalue weighted by Crippen LogP contribution is 2.35. The minimum Gasteiger partial charge on any atom is -0.487 e. The van der Waals surface area contributed by atoms with Gasteiger partial charge in [-0.2, -0.15) is 5.10 Å². The number of nitro benzene ring substituents is 1. The maximum absolute atomic E-state index is 10.9. The van der Waals surface area contributed by atoms with Crippen LogP contribution in [0.25, 0.3) is 0 Å². The lowest BCUT2D eigenvalue weighted by Crippen LogP contribution is -1.99. The van der Waals surface area contributed by atoms with Gasteiger partial charge in [0.05, 0.1) is 25.0 Å². The molecule has 31 heavy (non-hydrogen) atoms. The lowest BCUT2D eigenvalue weighted by molar-refractivity contribution is -0.385. The van der Waals surface area contributed by atoms with Gasteiger partial charge in [-0.05, 0) is 61.2 Å². The smallest absolute Gasteiger partial charge is 0.287 e. The monoisotopic (exact) mass is 549 g/mol. The molecule has 0 atom stereocenters. The summed E-state index contributed by atoms with van der Waals surface area (Å²) in [5.74, 6) is 0.894. The molecule has 1 heterocycles. The standard InChI is InChI=1S/C19H13Br2N5O5/c20-16-7-13(9-23-24-18-5-4-15(10-22-18)26(29)30)8-17(21)19(16)31-11-12-2-1-3-14(6-12)25(27)28/h1-10H,11H2,(H,22,24)/b23-9+. The van der Waals surface area contributed by atoms with Crippen LogP contribution in [0.1, 0.15) is 11.1 Å². The fraction of sp³-hybridized carbons (Fsp3) is 0.0526. The number of hydrazone groups is 1. The maximum Gasteiger partial charge on any atom is 0.287 e. The van der Waals surface area contributed by atoms with E-state index in [4.69, 9.17) is 4.74 Å². The molecule has 0 aliphatic rings. The summed E-state index contributed by atoms with van der Waals surface area (Å²) in [7, 11) is 0. The highest BCUT2D eigenvalue weighted by molar-refractivity contribution is 9.11. The molecule has 0 aliphatic carbocycles. The molecule has 0 saturated heterocycles. The van der Waals surface area contributed by atoms with Crippen LogP contribution in [0.5, 0.6) is 5.75 Å². The Bertz CT molecular complexity index is 1130. The zero-order chi connectivity index (χ0) is 22.4. The van der Waals surface area contributed by atoms with Gasteiger partial charge in [0.1, 0.15) is 24.4 Å². The highest BCUT2D eigenvalue weighted by atomic mass is 79.9. The van der Waals surface area contributed by atoms with Crippen molar-refractivity contribution in [3.8, 4) is 5.75 Å². The van der Waals surface area contributed by atoms with Crippen molar-refractivity contribution in [2.75, 3.05) is 5.43 Å². The van der Waals surface area contributed by atoms with Crippen LogP contribution in [0.3, 0.4) is 0 Å². The number of hydrogen-bond acceptors (Lipinski definition) is 8. The molecular formula is C19H13Br2N5O5. The SMILES string of the molecule is O=[N+]([O-])c1ccc(N/N=C/c2cc(Br)c(OCc3cccc([N+](=O)[O-])c3)c(Br)c2)nc1. The van der Waals surface area contributed by atoms with Gasteiger partial charge in [-0.25, -0.2) is 4.98 Å². The number of hydrogen-bond donors (Lipinski definition) is 1. The molecule has 0 spiro atoms. The number of rotatable bonds is 8. The molecular weight excluding hydrogens is 538 g/mol. The van der Waals surface area contributed by atoms with Crippen LogP contribution < -0.4 is 10.2 Å². The molecule has 3 rings (SSSR count). The van der Waals surface area contributed by atoms with Gasteiger partial charge >= 0.3 is 0 Å². The molecule has 12 heteroatoms. The van der Waals surface area contributed by atoms with Crippen molar-refractivity contribution in [1.29, 1.82) is 0 Å². The van der Waals surface area contributed by atoms with Crippen LogP contribution in [0, 0.1) is 20.2 Å². The molecule has 0 unspecified atom stereocenters. The van der Waals surface area contributed by atoms with Gasteiger partial charge in [-0.1, -0.05) is 12.1 Å². The average molecular weight is 551 g/mol. The number of nitro groups is 2. The Kier molecular flexibility index (Phi) is 7.26. The number of benzene rings is 2. The van der Waals surface area contributed by atoms with E-state index in [9.17, 15) is 20.2 Å². The first-order valence-electron chi connectivity index (χ1n) is 8.58. The second-order valence-corrected chi connectivity index (χ2v) is 7.77. The van der Waals surface area contributed by atoms with Gasteiger partial charge in [0.2, 0.25) is 0 Å². The van der Waals surface area contributed by atoms with Crippen molar-refractivity contribution < 1.29 is 14.6 Å². The summed E-state index contributed by atoms with van der Waals surface area (Å²) in [4.78, 5) is 24.5. The summed E-state index contributed by atoms with van der Waals surface area (Å²) in [5.41, 5.74) is 3.98. The zero-order valence-electron chi connectivity index (χ0n) is 15.6. The largest absolute Gasteiger partial charge is 0.487 e. The molecule has 0 radical (unpaired) electrons. The molecule has 0 bridgehead atoms. The number of nitrogens with one attached hydrogen (secondary N) is 1. The second-order valence-electron chi connectivity index (χ2n) is 6.06. The Morgan fingerprint density at radius 2 is 1.74 bits per heavy atom. The van der Waals surface area contributed by atoms with E-state index in [1.54, 1.807) is 30.5 Å². The van der Waals surface area contributed by atoms with E-state index in [0.29, 0.717) is 26.1 Å². The first-order valence-corrected chi connectivity index (χ1v) is 10.2. The number of ether oxygens (including phenoxy) is 1. The van der Waals surface area contributed by atoms with Crippen molar-refractivity contribution in [2.45, 2.75) is 6.61 Å². The molecule has 10 nitrogen and oxygen atoms in total. The fourth-order valence-electron chi connectivity index (χ4n) is 2.44. The van der Waals surface area contributed by atoms with Crippen molar-refractivity contribution in [2.24, 2.45) is 5.10 Å². The molecule has 0 aliphatic heterocycles. The maximum atomic E-state index is 10.9. The topological polar surface area (TPSA) is 133 Å². The summed E-state index contributed by atoms with van der Waals surface area (Å²) >= 11 is 6.89. The van der Waals surface area contributed by atoms with E-state index >= 15 is 0 Å². The summed E-state index contributed by atoms with van der Waals surface area (Å²) < 4.78 is 7.12. The van der Waals surface area contributed by atoms with Gasteiger partial charge < -0.3 is 4.74 Å². The van der Waals surface area contributed by atoms with Crippen molar-refractivity contribution >= 4 is 55.3 Å². The van der Waals surface area contributed by atoms with Crippen LogP contribution in [0.2, 0.25) is 0 Å². The Balaban J connectivity index is 1.65. The third kappa shape index (κ3) is 6.06. The van der Waals surface area contributed by atoms with E-state index < -0.39 is 9.85 Å². The van der Waals surface area contributed by atoms with Gasteiger partial charge in [0, 0.05) is 18.2 Å². The molecule has 2 aromatic carbocycles.